The minimum absolute atomic E-state index is 0.107. The van der Waals surface area contributed by atoms with Crippen molar-refractivity contribution in [3.63, 3.8) is 0 Å². The number of methoxy groups -OCH3 is 1. The first-order valence-corrected chi connectivity index (χ1v) is 7.17. The molecule has 1 aromatic heterocycles. The molecule has 7 heteroatoms. The zero-order valence-corrected chi connectivity index (χ0v) is 13.2. The van der Waals surface area contributed by atoms with Crippen LogP contribution in [0.15, 0.2) is 30.5 Å². The lowest BCUT2D eigenvalue weighted by atomic mass is 10.1. The predicted molar refractivity (Wildman–Crippen MR) is 82.1 cm³/mol. The third-order valence-corrected chi connectivity index (χ3v) is 3.39. The topological polar surface area (TPSA) is 38.2 Å². The number of aromatic nitrogens is 2. The Bertz CT molecular complexity index is 674. The maximum absolute atomic E-state index is 13.2. The van der Waals surface area contributed by atoms with Gasteiger partial charge in [-0.3, -0.25) is 0 Å². The van der Waals surface area contributed by atoms with Crippen LogP contribution in [-0.2, 0) is 12.6 Å². The molecule has 0 aliphatic rings. The molecule has 124 valence electrons. The molecular weight excluding hydrogens is 307 g/mol. The highest BCUT2D eigenvalue weighted by molar-refractivity contribution is 5.63. The fraction of sp³-hybridized carbons (Fsp3) is 0.375. The van der Waals surface area contributed by atoms with Crippen molar-refractivity contribution < 1.29 is 17.9 Å². The van der Waals surface area contributed by atoms with Crippen molar-refractivity contribution in [3.05, 3.63) is 41.6 Å². The van der Waals surface area contributed by atoms with Gasteiger partial charge in [-0.1, -0.05) is 25.5 Å². The highest BCUT2D eigenvalue weighted by Gasteiger charge is 2.36. The molecule has 0 unspecified atom stereocenters. The van der Waals surface area contributed by atoms with Crippen molar-refractivity contribution in [2.24, 2.45) is 0 Å². The Kier molecular flexibility index (Phi) is 5.08. The molecule has 0 aliphatic carbocycles. The molecular formula is C16H18F3N3O. The van der Waals surface area contributed by atoms with Crippen LogP contribution in [0.3, 0.4) is 0 Å². The summed E-state index contributed by atoms with van der Waals surface area (Å²) in [6.07, 6.45) is -1.98. The van der Waals surface area contributed by atoms with E-state index >= 15 is 0 Å². The molecule has 1 heterocycles. The first-order chi connectivity index (χ1) is 10.9. The van der Waals surface area contributed by atoms with Gasteiger partial charge in [0.2, 0.25) is 0 Å². The largest absolute Gasteiger partial charge is 0.467 e. The first-order valence-electron chi connectivity index (χ1n) is 7.17. The molecule has 0 N–H and O–H groups in total. The van der Waals surface area contributed by atoms with E-state index in [0.29, 0.717) is 5.69 Å². The van der Waals surface area contributed by atoms with E-state index in [1.54, 1.807) is 13.1 Å². The van der Waals surface area contributed by atoms with Gasteiger partial charge in [-0.05, 0) is 24.1 Å². The summed E-state index contributed by atoms with van der Waals surface area (Å²) in [5, 5.41) is 0. The quantitative estimate of drug-likeness (QED) is 0.825. The highest BCUT2D eigenvalue weighted by Crippen LogP contribution is 2.37. The van der Waals surface area contributed by atoms with E-state index in [0.717, 1.165) is 24.6 Å². The van der Waals surface area contributed by atoms with E-state index in [9.17, 15) is 13.2 Å². The molecule has 1 aromatic carbocycles. The van der Waals surface area contributed by atoms with Crippen LogP contribution in [0.2, 0.25) is 0 Å². The second-order valence-electron chi connectivity index (χ2n) is 5.07. The highest BCUT2D eigenvalue weighted by atomic mass is 19.4. The van der Waals surface area contributed by atoms with Crippen molar-refractivity contribution in [1.29, 1.82) is 0 Å². The first kappa shape index (κ1) is 17.1. The number of benzene rings is 1. The Labute approximate surface area is 132 Å². The van der Waals surface area contributed by atoms with E-state index in [4.69, 9.17) is 4.74 Å². The van der Waals surface area contributed by atoms with Crippen LogP contribution in [0.4, 0.5) is 24.7 Å². The van der Waals surface area contributed by atoms with Crippen LogP contribution in [0.25, 0.3) is 0 Å². The lowest BCUT2D eigenvalue weighted by Crippen LogP contribution is -2.19. The average Bonchev–Trinajstić information content (AvgIpc) is 2.53. The number of aryl methyl sites for hydroxylation is 1. The molecule has 0 amide bonds. The van der Waals surface area contributed by atoms with E-state index < -0.39 is 11.7 Å². The third-order valence-electron chi connectivity index (χ3n) is 3.39. The third kappa shape index (κ3) is 3.91. The molecule has 2 aromatic rings. The molecule has 2 rings (SSSR count). The number of ether oxygens (including phenoxy) is 1. The van der Waals surface area contributed by atoms with Crippen molar-refractivity contribution in [2.45, 2.75) is 25.9 Å². The smallest absolute Gasteiger partial charge is 0.421 e. The van der Waals surface area contributed by atoms with E-state index in [1.807, 2.05) is 25.1 Å². The molecule has 0 radical (unpaired) electrons. The standard InChI is InChI=1S/C16H18F3N3O/c1-4-6-11-7-5-8-12(9-11)22(2)14-13(16(17,18)19)10-20-15(21-14)23-3/h5,7-10H,4,6H2,1-3H3. The van der Waals surface area contributed by atoms with Crippen molar-refractivity contribution in [3.8, 4) is 6.01 Å². The molecule has 0 aliphatic heterocycles. The number of hydrogen-bond acceptors (Lipinski definition) is 4. The molecule has 23 heavy (non-hydrogen) atoms. The van der Waals surface area contributed by atoms with Crippen LogP contribution >= 0.6 is 0 Å². The van der Waals surface area contributed by atoms with Gasteiger partial charge >= 0.3 is 12.2 Å². The second kappa shape index (κ2) is 6.85. The second-order valence-corrected chi connectivity index (χ2v) is 5.07. The minimum atomic E-state index is -4.54. The Hall–Kier alpha value is -2.31. The Morgan fingerprint density at radius 2 is 2.00 bits per heavy atom. The molecule has 0 fully saturated rings. The zero-order chi connectivity index (χ0) is 17.0. The van der Waals surface area contributed by atoms with Gasteiger partial charge in [0.05, 0.1) is 7.11 Å². The van der Waals surface area contributed by atoms with Gasteiger partial charge in [0.1, 0.15) is 5.56 Å². The van der Waals surface area contributed by atoms with Gasteiger partial charge in [-0.25, -0.2) is 4.98 Å². The summed E-state index contributed by atoms with van der Waals surface area (Å²) in [6, 6.07) is 7.27. The average molecular weight is 325 g/mol. The van der Waals surface area contributed by atoms with E-state index in [1.165, 1.54) is 12.0 Å². The summed E-state index contributed by atoms with van der Waals surface area (Å²) < 4.78 is 44.5. The maximum atomic E-state index is 13.2. The van der Waals surface area contributed by atoms with Gasteiger partial charge < -0.3 is 9.64 Å². The van der Waals surface area contributed by atoms with Gasteiger partial charge in [0.15, 0.2) is 5.82 Å². The number of anilines is 2. The van der Waals surface area contributed by atoms with Gasteiger partial charge in [-0.15, -0.1) is 0 Å². The summed E-state index contributed by atoms with van der Waals surface area (Å²) in [5.41, 5.74) is 0.787. The predicted octanol–water partition coefficient (Wildman–Crippen LogP) is 4.22. The van der Waals surface area contributed by atoms with Crippen LogP contribution in [0.5, 0.6) is 6.01 Å². The summed E-state index contributed by atoms with van der Waals surface area (Å²) in [4.78, 5) is 8.84. The Balaban J connectivity index is 2.49. The number of hydrogen-bond donors (Lipinski definition) is 0. The lowest BCUT2D eigenvalue weighted by molar-refractivity contribution is -0.137. The van der Waals surface area contributed by atoms with Crippen LogP contribution in [0.1, 0.15) is 24.5 Å². The molecule has 0 atom stereocenters. The van der Waals surface area contributed by atoms with E-state index in [-0.39, 0.29) is 11.8 Å². The molecule has 4 nitrogen and oxygen atoms in total. The van der Waals surface area contributed by atoms with Crippen LogP contribution in [0, 0.1) is 0 Å². The van der Waals surface area contributed by atoms with Crippen LogP contribution in [-0.4, -0.2) is 24.1 Å². The summed E-state index contributed by atoms with van der Waals surface area (Å²) >= 11 is 0. The zero-order valence-electron chi connectivity index (χ0n) is 13.2. The summed E-state index contributed by atoms with van der Waals surface area (Å²) in [7, 11) is 2.86. The number of nitrogens with zero attached hydrogens (tertiary/aromatic N) is 3. The summed E-state index contributed by atoms with van der Waals surface area (Å²) in [5.74, 6) is -0.238. The molecule has 0 saturated heterocycles. The van der Waals surface area contributed by atoms with Crippen molar-refractivity contribution in [2.75, 3.05) is 19.1 Å². The molecule has 0 saturated carbocycles. The van der Waals surface area contributed by atoms with Crippen molar-refractivity contribution in [1.82, 2.24) is 9.97 Å². The normalized spacial score (nSPS) is 11.4. The minimum Gasteiger partial charge on any atom is -0.467 e. The Morgan fingerprint density at radius 3 is 2.61 bits per heavy atom. The fourth-order valence-electron chi connectivity index (χ4n) is 2.24. The van der Waals surface area contributed by atoms with Crippen LogP contribution < -0.4 is 9.64 Å². The van der Waals surface area contributed by atoms with Crippen molar-refractivity contribution >= 4 is 11.5 Å². The maximum Gasteiger partial charge on any atom is 0.421 e. The van der Waals surface area contributed by atoms with Gasteiger partial charge in [0.25, 0.3) is 0 Å². The lowest BCUT2D eigenvalue weighted by Gasteiger charge is -2.23. The molecule has 0 spiro atoms. The van der Waals surface area contributed by atoms with Gasteiger partial charge in [-0.2, -0.15) is 18.2 Å². The van der Waals surface area contributed by atoms with Gasteiger partial charge in [0, 0.05) is 18.9 Å². The number of alkyl halides is 3. The fourth-order valence-corrected chi connectivity index (χ4v) is 2.24. The number of halogens is 3. The van der Waals surface area contributed by atoms with E-state index in [2.05, 4.69) is 9.97 Å². The monoisotopic (exact) mass is 325 g/mol. The number of rotatable bonds is 5. The summed E-state index contributed by atoms with van der Waals surface area (Å²) in [6.45, 7) is 2.05. The SMILES string of the molecule is CCCc1cccc(N(C)c2nc(OC)ncc2C(F)(F)F)c1. The molecule has 0 bridgehead atoms. The Morgan fingerprint density at radius 1 is 1.26 bits per heavy atom.